The van der Waals surface area contributed by atoms with Crippen LogP contribution in [-0.2, 0) is 10.9 Å². The van der Waals surface area contributed by atoms with Crippen LogP contribution in [0.2, 0.25) is 0 Å². The standard InChI is InChI=1S/C22H19ClF3N3O3S/c1-21(2,3)32-20(31)29(16-9-5-7-14(11-16)22(24,25)26)19-28-17(12-33-19)13-6-4-8-15(10-13)27-18(23)30/h4-12H,1-3H3,(H,27,30). The lowest BCUT2D eigenvalue weighted by Crippen LogP contribution is -2.34. The minimum Gasteiger partial charge on any atom is -0.443 e. The van der Waals surface area contributed by atoms with E-state index in [2.05, 4.69) is 10.3 Å². The zero-order chi connectivity index (χ0) is 24.4. The number of amides is 2. The molecule has 0 atom stereocenters. The molecule has 0 aliphatic heterocycles. The van der Waals surface area contributed by atoms with Crippen LogP contribution >= 0.6 is 22.9 Å². The van der Waals surface area contributed by atoms with Crippen molar-refractivity contribution in [2.45, 2.75) is 32.5 Å². The molecular weight excluding hydrogens is 479 g/mol. The summed E-state index contributed by atoms with van der Waals surface area (Å²) < 4.78 is 45.2. The Morgan fingerprint density at radius 3 is 2.42 bits per heavy atom. The number of rotatable bonds is 4. The lowest BCUT2D eigenvalue weighted by Gasteiger charge is -2.26. The molecule has 0 unspecified atom stereocenters. The van der Waals surface area contributed by atoms with Crippen LogP contribution in [0.25, 0.3) is 11.3 Å². The molecule has 1 aromatic heterocycles. The molecule has 0 aliphatic carbocycles. The van der Waals surface area contributed by atoms with E-state index in [1.54, 1.807) is 50.4 Å². The number of thiazole rings is 1. The van der Waals surface area contributed by atoms with Crippen LogP contribution in [0.3, 0.4) is 0 Å². The molecule has 0 saturated heterocycles. The first kappa shape index (κ1) is 24.5. The van der Waals surface area contributed by atoms with Crippen molar-refractivity contribution in [3.8, 4) is 11.3 Å². The van der Waals surface area contributed by atoms with Crippen LogP contribution in [0, 0.1) is 0 Å². The van der Waals surface area contributed by atoms with Gasteiger partial charge in [-0.3, -0.25) is 4.79 Å². The van der Waals surface area contributed by atoms with Gasteiger partial charge in [0.05, 0.1) is 16.9 Å². The first-order valence-electron chi connectivity index (χ1n) is 9.56. The molecule has 1 heterocycles. The highest BCUT2D eigenvalue weighted by Gasteiger charge is 2.33. The fourth-order valence-corrected chi connectivity index (χ4v) is 3.74. The number of aromatic nitrogens is 1. The Labute approximate surface area is 197 Å². The number of ether oxygens (including phenoxy) is 1. The third-order valence-electron chi connectivity index (χ3n) is 4.09. The number of nitrogens with zero attached hydrogens (tertiary/aromatic N) is 2. The molecule has 0 fully saturated rings. The maximum atomic E-state index is 13.3. The van der Waals surface area contributed by atoms with E-state index in [4.69, 9.17) is 16.3 Å². The fraction of sp³-hybridized carbons (Fsp3) is 0.227. The molecule has 0 bridgehead atoms. The van der Waals surface area contributed by atoms with Gasteiger partial charge in [-0.2, -0.15) is 13.2 Å². The Hall–Kier alpha value is -3.11. The number of carbonyl (C=O) groups is 2. The average Bonchev–Trinajstić information content (AvgIpc) is 3.15. The van der Waals surface area contributed by atoms with E-state index >= 15 is 0 Å². The van der Waals surface area contributed by atoms with Gasteiger partial charge >= 0.3 is 17.6 Å². The smallest absolute Gasteiger partial charge is 0.421 e. The molecule has 1 N–H and O–H groups in total. The lowest BCUT2D eigenvalue weighted by atomic mass is 10.1. The second-order valence-electron chi connectivity index (χ2n) is 7.86. The van der Waals surface area contributed by atoms with Gasteiger partial charge in [-0.05, 0) is 62.7 Å². The van der Waals surface area contributed by atoms with Crippen molar-refractivity contribution < 1.29 is 27.5 Å². The lowest BCUT2D eigenvalue weighted by molar-refractivity contribution is -0.137. The molecule has 6 nitrogen and oxygen atoms in total. The molecular formula is C22H19ClF3N3O3S. The van der Waals surface area contributed by atoms with Crippen LogP contribution in [0.5, 0.6) is 0 Å². The number of halogens is 4. The van der Waals surface area contributed by atoms with E-state index < -0.39 is 28.8 Å². The summed E-state index contributed by atoms with van der Waals surface area (Å²) in [4.78, 5) is 29.5. The van der Waals surface area contributed by atoms with Crippen molar-refractivity contribution in [3.63, 3.8) is 0 Å². The quantitative estimate of drug-likeness (QED) is 0.296. The van der Waals surface area contributed by atoms with Gasteiger partial charge in [0.1, 0.15) is 5.60 Å². The maximum absolute atomic E-state index is 13.3. The Morgan fingerprint density at radius 1 is 1.09 bits per heavy atom. The number of alkyl halides is 3. The second-order valence-corrected chi connectivity index (χ2v) is 9.04. The monoisotopic (exact) mass is 497 g/mol. The zero-order valence-electron chi connectivity index (χ0n) is 17.7. The summed E-state index contributed by atoms with van der Waals surface area (Å²) in [6.45, 7) is 4.96. The summed E-state index contributed by atoms with van der Waals surface area (Å²) in [5.41, 5.74) is -0.345. The predicted molar refractivity (Wildman–Crippen MR) is 122 cm³/mol. The molecule has 2 amide bonds. The minimum atomic E-state index is -4.59. The summed E-state index contributed by atoms with van der Waals surface area (Å²) in [7, 11) is 0. The van der Waals surface area contributed by atoms with Crippen LogP contribution in [0.15, 0.2) is 53.9 Å². The highest BCUT2D eigenvalue weighted by molar-refractivity contribution is 7.14. The van der Waals surface area contributed by atoms with Gasteiger partial charge in [0.2, 0.25) is 0 Å². The van der Waals surface area contributed by atoms with E-state index in [0.717, 1.165) is 28.4 Å². The Balaban J connectivity index is 2.04. The van der Waals surface area contributed by atoms with Crippen molar-refractivity contribution in [1.29, 1.82) is 0 Å². The summed E-state index contributed by atoms with van der Waals surface area (Å²) >= 11 is 6.41. The molecule has 2 aromatic carbocycles. The van der Waals surface area contributed by atoms with Gasteiger partial charge in [-0.15, -0.1) is 11.3 Å². The van der Waals surface area contributed by atoms with Gasteiger partial charge < -0.3 is 10.1 Å². The van der Waals surface area contributed by atoms with E-state index in [1.165, 1.54) is 12.1 Å². The highest BCUT2D eigenvalue weighted by Crippen LogP contribution is 2.37. The van der Waals surface area contributed by atoms with Crippen LogP contribution in [0.1, 0.15) is 26.3 Å². The van der Waals surface area contributed by atoms with Crippen LogP contribution in [0.4, 0.5) is 39.3 Å². The molecule has 3 rings (SSSR count). The zero-order valence-corrected chi connectivity index (χ0v) is 19.3. The van der Waals surface area contributed by atoms with Crippen LogP contribution in [-0.4, -0.2) is 22.0 Å². The minimum absolute atomic E-state index is 0.0388. The number of anilines is 3. The first-order valence-corrected chi connectivity index (χ1v) is 10.8. The van der Waals surface area contributed by atoms with Gasteiger partial charge in [0.25, 0.3) is 0 Å². The summed E-state index contributed by atoms with van der Waals surface area (Å²) in [5.74, 6) is 0. The van der Waals surface area contributed by atoms with Crippen molar-refractivity contribution >= 4 is 50.9 Å². The predicted octanol–water partition coefficient (Wildman–Crippen LogP) is 7.67. The molecule has 11 heteroatoms. The van der Waals surface area contributed by atoms with Crippen molar-refractivity contribution in [3.05, 3.63) is 59.5 Å². The van der Waals surface area contributed by atoms with Crippen LogP contribution < -0.4 is 10.2 Å². The van der Waals surface area contributed by atoms with Gasteiger partial charge in [0, 0.05) is 16.6 Å². The normalized spacial score (nSPS) is 11.7. The summed E-state index contributed by atoms with van der Waals surface area (Å²) in [6.07, 6.45) is -5.46. The third-order valence-corrected chi connectivity index (χ3v) is 5.01. The second kappa shape index (κ2) is 9.40. The van der Waals surface area contributed by atoms with E-state index in [1.807, 2.05) is 0 Å². The van der Waals surface area contributed by atoms with Gasteiger partial charge in [-0.1, -0.05) is 18.2 Å². The van der Waals surface area contributed by atoms with E-state index in [0.29, 0.717) is 16.9 Å². The Kier molecular flexibility index (Phi) is 6.99. The van der Waals surface area contributed by atoms with E-state index in [9.17, 15) is 22.8 Å². The summed E-state index contributed by atoms with van der Waals surface area (Å²) in [5, 5.41) is 3.44. The summed E-state index contributed by atoms with van der Waals surface area (Å²) in [6, 6.07) is 11.0. The highest BCUT2D eigenvalue weighted by atomic mass is 35.5. The van der Waals surface area contributed by atoms with Gasteiger partial charge in [0.15, 0.2) is 5.13 Å². The topological polar surface area (TPSA) is 71.5 Å². The molecule has 33 heavy (non-hydrogen) atoms. The number of nitrogens with one attached hydrogen (secondary N) is 1. The largest absolute Gasteiger partial charge is 0.443 e. The third kappa shape index (κ3) is 6.45. The SMILES string of the molecule is CC(C)(C)OC(=O)N(c1cccc(C(F)(F)F)c1)c1nc(-c2cccc(NC(=O)Cl)c2)cs1. The molecule has 174 valence electrons. The van der Waals surface area contributed by atoms with Crippen molar-refractivity contribution in [2.75, 3.05) is 10.2 Å². The molecule has 3 aromatic rings. The number of hydrogen-bond acceptors (Lipinski definition) is 5. The molecule has 0 aliphatic rings. The Bertz CT molecular complexity index is 1180. The number of hydrogen-bond donors (Lipinski definition) is 1. The van der Waals surface area contributed by atoms with Crippen molar-refractivity contribution in [1.82, 2.24) is 4.98 Å². The van der Waals surface area contributed by atoms with E-state index in [-0.39, 0.29) is 10.8 Å². The molecule has 0 spiro atoms. The molecule has 0 radical (unpaired) electrons. The number of carbonyl (C=O) groups excluding carboxylic acids is 2. The Morgan fingerprint density at radius 2 is 1.79 bits per heavy atom. The average molecular weight is 498 g/mol. The van der Waals surface area contributed by atoms with Gasteiger partial charge in [-0.25, -0.2) is 14.7 Å². The number of benzene rings is 2. The molecule has 0 saturated carbocycles. The van der Waals surface area contributed by atoms with Crippen molar-refractivity contribution in [2.24, 2.45) is 0 Å². The fourth-order valence-electron chi connectivity index (χ4n) is 2.79. The maximum Gasteiger partial charge on any atom is 0.421 e. The first-order chi connectivity index (χ1) is 15.3.